The lowest BCUT2D eigenvalue weighted by molar-refractivity contribution is -0.139. The zero-order valence-corrected chi connectivity index (χ0v) is 44.3. The number of imidazole rings is 1. The van der Waals surface area contributed by atoms with Crippen LogP contribution < -0.4 is 35.6 Å². The molecule has 0 saturated carbocycles. The van der Waals surface area contributed by atoms with Crippen molar-refractivity contribution in [1.29, 1.82) is 0 Å². The Labute approximate surface area is 453 Å². The first kappa shape index (κ1) is 55.4. The number of rotatable bonds is 24. The van der Waals surface area contributed by atoms with E-state index >= 15 is 0 Å². The molecule has 0 aliphatic carbocycles. The average molecular weight is 1080 g/mol. The highest BCUT2D eigenvalue weighted by molar-refractivity contribution is 7.89. The molecular formula is C59H62N8O10S. The maximum Gasteiger partial charge on any atom is 0.407 e. The first-order chi connectivity index (χ1) is 37.6. The summed E-state index contributed by atoms with van der Waals surface area (Å²) in [5.41, 5.74) is 5.37. The number of amides is 3. The Balaban J connectivity index is 0.852. The van der Waals surface area contributed by atoms with Crippen molar-refractivity contribution in [2.75, 3.05) is 43.5 Å². The summed E-state index contributed by atoms with van der Waals surface area (Å²) in [5, 5.41) is 21.6. The predicted molar refractivity (Wildman–Crippen MR) is 295 cm³/mol. The number of hydrogen-bond donors (Lipinski definition) is 6. The molecule has 6 N–H and O–H groups in total. The van der Waals surface area contributed by atoms with Gasteiger partial charge in [-0.05, 0) is 83.5 Å². The fourth-order valence-electron chi connectivity index (χ4n) is 9.73. The number of carboxylic acid groups (broad SMARTS) is 1. The number of alkyl carbamates (subject to hydrolysis) is 1. The summed E-state index contributed by atoms with van der Waals surface area (Å²) in [6.07, 6.45) is 3.38. The first-order valence-electron chi connectivity index (χ1n) is 25.5. The van der Waals surface area contributed by atoms with E-state index in [9.17, 15) is 37.5 Å². The van der Waals surface area contributed by atoms with Gasteiger partial charge < -0.3 is 40.7 Å². The Morgan fingerprint density at radius 1 is 0.769 bits per heavy atom. The van der Waals surface area contributed by atoms with Gasteiger partial charge in [0.2, 0.25) is 27.8 Å². The molecular weight excluding hydrogens is 1010 g/mol. The summed E-state index contributed by atoms with van der Waals surface area (Å²) in [5.74, 6) is -1.79. The molecule has 78 heavy (non-hydrogen) atoms. The number of nitrogens with zero attached hydrogens (tertiary/aromatic N) is 3. The number of carboxylic acids is 1. The summed E-state index contributed by atoms with van der Waals surface area (Å²) in [6, 6.07) is 45.5. The maximum atomic E-state index is 13.9. The normalized spacial score (nSPS) is 13.7. The lowest BCUT2D eigenvalue weighted by Gasteiger charge is -2.38. The lowest BCUT2D eigenvalue weighted by Crippen LogP contribution is -2.54. The van der Waals surface area contributed by atoms with Gasteiger partial charge >= 0.3 is 12.1 Å². The largest absolute Gasteiger partial charge is 0.494 e. The lowest BCUT2D eigenvalue weighted by atomic mass is 9.76. The number of sulfonamides is 1. The van der Waals surface area contributed by atoms with Crippen molar-refractivity contribution in [2.24, 2.45) is 0 Å². The zero-order valence-electron chi connectivity index (χ0n) is 43.5. The summed E-state index contributed by atoms with van der Waals surface area (Å²) < 4.78 is 43.0. The van der Waals surface area contributed by atoms with Crippen molar-refractivity contribution < 1.29 is 47.0 Å². The topological polar surface area (TPSA) is 239 Å². The minimum absolute atomic E-state index is 0.129. The molecule has 18 nitrogen and oxygen atoms in total. The predicted octanol–water partition coefficient (Wildman–Crippen LogP) is 7.09. The number of fused-ring (bicyclic) bond motifs is 1. The summed E-state index contributed by atoms with van der Waals surface area (Å²) in [4.78, 5) is 70.5. The van der Waals surface area contributed by atoms with Crippen molar-refractivity contribution in [2.45, 2.75) is 68.8 Å². The molecule has 1 aliphatic heterocycles. The van der Waals surface area contributed by atoms with E-state index in [1.807, 2.05) is 103 Å². The van der Waals surface area contributed by atoms with Gasteiger partial charge in [-0.15, -0.1) is 0 Å². The molecule has 3 amide bonds. The van der Waals surface area contributed by atoms with E-state index < -0.39 is 52.2 Å². The number of carbonyl (C=O) groups excluding carboxylic acids is 4. The number of benzene rings is 6. The molecule has 2 atom stereocenters. The monoisotopic (exact) mass is 1070 g/mol. The van der Waals surface area contributed by atoms with Gasteiger partial charge in [0, 0.05) is 69.7 Å². The SMILES string of the molecule is Cc1cc(OCCCC(=O)NCCNC(=O)OCc2ccccc2)cc(C)c1S(=O)(=O)N[C@@H](CNC(=O)C1CC(=O)c2ccc(CNc3nccn3C(c3ccccc3)(c3ccccc3)c3ccccc3)cc2N1C)C(=O)O. The number of hydrogen-bond acceptors (Lipinski definition) is 12. The molecule has 19 heteroatoms. The van der Waals surface area contributed by atoms with Crippen molar-refractivity contribution >= 4 is 51.3 Å². The van der Waals surface area contributed by atoms with Crippen LogP contribution in [0.1, 0.15) is 68.6 Å². The second-order valence-electron chi connectivity index (χ2n) is 18.8. The van der Waals surface area contributed by atoms with Gasteiger partial charge in [-0.1, -0.05) is 127 Å². The second-order valence-corrected chi connectivity index (χ2v) is 20.5. The van der Waals surface area contributed by atoms with Crippen molar-refractivity contribution in [3.63, 3.8) is 0 Å². The Kier molecular flexibility index (Phi) is 18.0. The first-order valence-corrected chi connectivity index (χ1v) is 27.0. The highest BCUT2D eigenvalue weighted by Crippen LogP contribution is 2.42. The Bertz CT molecular complexity index is 3220. The number of likely N-dealkylation sites (N-methyl/N-ethyl adjacent to an activating group) is 1. The Morgan fingerprint density at radius 2 is 1.36 bits per heavy atom. The van der Waals surface area contributed by atoms with E-state index in [0.717, 1.165) is 27.8 Å². The fraction of sp³-hybridized carbons (Fsp3) is 0.254. The van der Waals surface area contributed by atoms with Crippen LogP contribution in [0, 0.1) is 13.8 Å². The van der Waals surface area contributed by atoms with Crippen LogP contribution in [0.4, 0.5) is 16.4 Å². The van der Waals surface area contributed by atoms with Crippen LogP contribution >= 0.6 is 0 Å². The molecule has 7 aromatic rings. The molecule has 8 rings (SSSR count). The summed E-state index contributed by atoms with van der Waals surface area (Å²) in [7, 11) is -2.79. The number of Topliss-reactive ketones (excluding diaryl/α,β-unsaturated/α-hetero) is 1. The van der Waals surface area contributed by atoms with Gasteiger partial charge in [-0.25, -0.2) is 18.2 Å². The molecule has 0 radical (unpaired) electrons. The quantitative estimate of drug-likeness (QED) is 0.0262. The van der Waals surface area contributed by atoms with Gasteiger partial charge in [0.1, 0.15) is 30.0 Å². The van der Waals surface area contributed by atoms with E-state index in [-0.39, 0.29) is 66.9 Å². The standard InChI is InChI=1S/C59H62N8O10S/c1-40-33-47(76-32-16-25-53(69)60-28-29-62-58(73)77-39-42-17-8-4-9-18-42)34-41(2)54(40)78(74,75)65-49(56(71)72)38-63-55(70)51-36-52(68)48-27-26-43(35-50(48)66(51)3)37-64-57-61-30-31-67(57)59(44-19-10-5-11-20-44,45-21-12-6-13-22-45)46-23-14-7-15-24-46/h4-15,17-24,26-27,30-31,33-35,49,51,65H,16,25,28-29,32,36-39H2,1-3H3,(H,60,69)(H,61,64)(H,62,73)(H,63,70)(H,71,72)/t49-,51?/m0/s1. The Hall–Kier alpha value is -8.81. The highest BCUT2D eigenvalue weighted by Gasteiger charge is 2.40. The number of anilines is 2. The van der Waals surface area contributed by atoms with Crippen molar-refractivity contribution in [3.8, 4) is 5.75 Å². The minimum Gasteiger partial charge on any atom is -0.494 e. The Morgan fingerprint density at radius 3 is 1.96 bits per heavy atom. The smallest absolute Gasteiger partial charge is 0.407 e. The van der Waals surface area contributed by atoms with Crippen LogP contribution in [0.15, 0.2) is 169 Å². The molecule has 0 saturated heterocycles. The van der Waals surface area contributed by atoms with E-state index in [0.29, 0.717) is 35.9 Å². The third-order valence-electron chi connectivity index (χ3n) is 13.4. The second kappa shape index (κ2) is 25.4. The number of aliphatic carboxylic acids is 1. The van der Waals surface area contributed by atoms with Crippen LogP contribution in [0.3, 0.4) is 0 Å². The van der Waals surface area contributed by atoms with Crippen LogP contribution in [0.25, 0.3) is 0 Å². The molecule has 0 spiro atoms. The van der Waals surface area contributed by atoms with E-state index in [1.54, 1.807) is 38.1 Å². The fourth-order valence-corrected chi connectivity index (χ4v) is 11.4. The van der Waals surface area contributed by atoms with Gasteiger partial charge in [-0.3, -0.25) is 23.7 Å². The third-order valence-corrected chi connectivity index (χ3v) is 15.2. The molecule has 1 aliphatic rings. The number of aromatic nitrogens is 2. The van der Waals surface area contributed by atoms with Crippen molar-refractivity contribution in [3.05, 3.63) is 209 Å². The molecule has 0 bridgehead atoms. The van der Waals surface area contributed by atoms with Crippen LogP contribution in [0.2, 0.25) is 0 Å². The van der Waals surface area contributed by atoms with Gasteiger partial charge in [0.15, 0.2) is 5.78 Å². The van der Waals surface area contributed by atoms with Gasteiger partial charge in [0.05, 0.1) is 11.5 Å². The number of carbonyl (C=O) groups is 5. The minimum atomic E-state index is -4.47. The number of aryl methyl sites for hydroxylation is 2. The number of ketones is 1. The van der Waals surface area contributed by atoms with Gasteiger partial charge in [-0.2, -0.15) is 4.72 Å². The molecule has 404 valence electrons. The van der Waals surface area contributed by atoms with Crippen LogP contribution in [-0.4, -0.2) is 98.1 Å². The zero-order chi connectivity index (χ0) is 55.2. The van der Waals surface area contributed by atoms with E-state index in [1.165, 1.54) is 12.1 Å². The van der Waals surface area contributed by atoms with Crippen LogP contribution in [0.5, 0.6) is 5.75 Å². The van der Waals surface area contributed by atoms with E-state index in [4.69, 9.17) is 14.5 Å². The van der Waals surface area contributed by atoms with Gasteiger partial charge in [0.25, 0.3) is 0 Å². The number of nitrogens with one attached hydrogen (secondary N) is 5. The highest BCUT2D eigenvalue weighted by atomic mass is 32.2. The maximum absolute atomic E-state index is 13.9. The van der Waals surface area contributed by atoms with Crippen LogP contribution in [-0.2, 0) is 47.8 Å². The molecule has 6 aromatic carbocycles. The van der Waals surface area contributed by atoms with E-state index in [2.05, 4.69) is 67.0 Å². The molecule has 0 fully saturated rings. The summed E-state index contributed by atoms with van der Waals surface area (Å²) >= 11 is 0. The number of ether oxygens (including phenoxy) is 2. The molecule has 1 aromatic heterocycles. The molecule has 1 unspecified atom stereocenters. The molecule has 2 heterocycles. The van der Waals surface area contributed by atoms with Crippen molar-refractivity contribution in [1.82, 2.24) is 30.2 Å². The summed E-state index contributed by atoms with van der Waals surface area (Å²) in [6.45, 7) is 3.42. The average Bonchev–Trinajstić information content (AvgIpc) is 3.93. The third kappa shape index (κ3) is 13.0.